The van der Waals surface area contributed by atoms with E-state index >= 15 is 0 Å². The van der Waals surface area contributed by atoms with Crippen LogP contribution in [-0.4, -0.2) is 26.2 Å². The molecule has 6 heteroatoms. The second-order valence-corrected chi connectivity index (χ2v) is 6.07. The van der Waals surface area contributed by atoms with Gasteiger partial charge in [-0.1, -0.05) is 48.0 Å². The van der Waals surface area contributed by atoms with Gasteiger partial charge in [0.1, 0.15) is 0 Å². The molecular weight excluding hydrogens is 461 g/mol. The summed E-state index contributed by atoms with van der Waals surface area (Å²) in [6.07, 6.45) is 0.915. The molecule has 0 aromatic heterocycles. The maximum atomic E-state index is 5.91. The minimum absolute atomic E-state index is 0. The lowest BCUT2D eigenvalue weighted by Gasteiger charge is -2.14. The number of ether oxygens (including phenoxy) is 1. The first-order valence-electron chi connectivity index (χ1n) is 8.56. The van der Waals surface area contributed by atoms with E-state index in [2.05, 4.69) is 27.8 Å². The van der Waals surface area contributed by atoms with E-state index in [9.17, 15) is 0 Å². The van der Waals surface area contributed by atoms with Gasteiger partial charge >= 0.3 is 0 Å². The molecule has 0 saturated heterocycles. The van der Waals surface area contributed by atoms with Crippen LogP contribution in [0.15, 0.2) is 53.5 Å². The van der Waals surface area contributed by atoms with Crippen molar-refractivity contribution in [1.29, 1.82) is 0 Å². The van der Waals surface area contributed by atoms with Crippen molar-refractivity contribution in [2.24, 2.45) is 4.99 Å². The summed E-state index contributed by atoms with van der Waals surface area (Å²) in [7, 11) is 1.78. The molecular formula is C20H27ClIN3O. The van der Waals surface area contributed by atoms with Gasteiger partial charge in [0.2, 0.25) is 0 Å². The molecule has 0 atom stereocenters. The van der Waals surface area contributed by atoms with Crippen LogP contribution in [0.5, 0.6) is 0 Å². The first kappa shape index (κ1) is 22.7. The minimum Gasteiger partial charge on any atom is -0.377 e. The summed E-state index contributed by atoms with van der Waals surface area (Å²) in [5.41, 5.74) is 3.67. The Hall–Kier alpha value is -1.31. The number of halogens is 2. The zero-order valence-electron chi connectivity index (χ0n) is 15.3. The highest BCUT2D eigenvalue weighted by Gasteiger charge is 2.03. The van der Waals surface area contributed by atoms with Gasteiger partial charge in [-0.3, -0.25) is 4.99 Å². The maximum absolute atomic E-state index is 5.91. The summed E-state index contributed by atoms with van der Waals surface area (Å²) >= 11 is 5.91. The van der Waals surface area contributed by atoms with Crippen molar-refractivity contribution in [3.05, 3.63) is 70.2 Å². The lowest BCUT2D eigenvalue weighted by Crippen LogP contribution is -2.38. The van der Waals surface area contributed by atoms with Gasteiger partial charge < -0.3 is 15.4 Å². The van der Waals surface area contributed by atoms with E-state index < -0.39 is 0 Å². The molecule has 2 aromatic rings. The van der Waals surface area contributed by atoms with Crippen molar-refractivity contribution < 1.29 is 4.74 Å². The molecule has 4 nitrogen and oxygen atoms in total. The monoisotopic (exact) mass is 487 g/mol. The van der Waals surface area contributed by atoms with E-state index in [1.165, 1.54) is 16.7 Å². The number of nitrogens with zero attached hydrogens (tertiary/aromatic N) is 1. The molecule has 0 fully saturated rings. The lowest BCUT2D eigenvalue weighted by atomic mass is 10.1. The molecule has 0 unspecified atom stereocenters. The SMILES string of the molecule is CCOCc1ccccc1CNC(=NC)NCCc1ccc(Cl)cc1.I. The van der Waals surface area contributed by atoms with Crippen molar-refractivity contribution in [2.75, 3.05) is 20.2 Å². The van der Waals surface area contributed by atoms with Crippen molar-refractivity contribution in [3.63, 3.8) is 0 Å². The first-order chi connectivity index (χ1) is 12.2. The van der Waals surface area contributed by atoms with Crippen molar-refractivity contribution in [1.82, 2.24) is 10.6 Å². The number of nitrogens with one attached hydrogen (secondary N) is 2. The maximum Gasteiger partial charge on any atom is 0.191 e. The van der Waals surface area contributed by atoms with E-state index in [0.29, 0.717) is 13.2 Å². The third kappa shape index (κ3) is 7.93. The van der Waals surface area contributed by atoms with Crippen LogP contribution in [-0.2, 0) is 24.3 Å². The predicted molar refractivity (Wildman–Crippen MR) is 121 cm³/mol. The van der Waals surface area contributed by atoms with Crippen molar-refractivity contribution in [3.8, 4) is 0 Å². The van der Waals surface area contributed by atoms with Gasteiger partial charge in [0.15, 0.2) is 5.96 Å². The fraction of sp³-hybridized carbons (Fsp3) is 0.350. The predicted octanol–water partition coefficient (Wildman–Crippen LogP) is 4.40. The van der Waals surface area contributed by atoms with Crippen molar-refractivity contribution in [2.45, 2.75) is 26.5 Å². The molecule has 2 N–H and O–H groups in total. The Bertz CT molecular complexity index is 677. The van der Waals surface area contributed by atoms with Gasteiger partial charge in [0.05, 0.1) is 6.61 Å². The largest absolute Gasteiger partial charge is 0.377 e. The van der Waals surface area contributed by atoms with E-state index in [0.717, 1.165) is 30.6 Å². The third-order valence-electron chi connectivity index (χ3n) is 3.87. The molecule has 0 amide bonds. The number of hydrogen-bond donors (Lipinski definition) is 2. The molecule has 0 aliphatic carbocycles. The van der Waals surface area contributed by atoms with E-state index in [4.69, 9.17) is 16.3 Å². The van der Waals surface area contributed by atoms with Crippen LogP contribution < -0.4 is 10.6 Å². The number of aliphatic imine (C=N–C) groups is 1. The average molecular weight is 488 g/mol. The smallest absolute Gasteiger partial charge is 0.191 e. The lowest BCUT2D eigenvalue weighted by molar-refractivity contribution is 0.133. The fourth-order valence-corrected chi connectivity index (χ4v) is 2.58. The van der Waals surface area contributed by atoms with Crippen LogP contribution in [0.1, 0.15) is 23.6 Å². The summed E-state index contributed by atoms with van der Waals surface area (Å²) in [6, 6.07) is 16.2. The Balaban J connectivity index is 0.00000338. The summed E-state index contributed by atoms with van der Waals surface area (Å²) in [5.74, 6) is 0.792. The first-order valence-corrected chi connectivity index (χ1v) is 8.94. The Kier molecular flexibility index (Phi) is 11.3. The van der Waals surface area contributed by atoms with Gasteiger partial charge in [0, 0.05) is 31.8 Å². The second-order valence-electron chi connectivity index (χ2n) is 5.63. The molecule has 0 radical (unpaired) electrons. The standard InChI is InChI=1S/C20H26ClN3O.HI/c1-3-25-15-18-7-5-4-6-17(18)14-24-20(22-2)23-13-12-16-8-10-19(21)11-9-16;/h4-11H,3,12-15H2,1-2H3,(H2,22,23,24);1H. The number of rotatable bonds is 8. The van der Waals surface area contributed by atoms with E-state index in [-0.39, 0.29) is 24.0 Å². The number of hydrogen-bond acceptors (Lipinski definition) is 2. The topological polar surface area (TPSA) is 45.6 Å². The van der Waals surface area contributed by atoms with Crippen molar-refractivity contribution >= 4 is 41.5 Å². The van der Waals surface area contributed by atoms with Crippen LogP contribution in [0.3, 0.4) is 0 Å². The van der Waals surface area contributed by atoms with E-state index in [1.54, 1.807) is 7.05 Å². The van der Waals surface area contributed by atoms with E-state index in [1.807, 2.05) is 43.3 Å². The van der Waals surface area contributed by atoms with Gasteiger partial charge in [-0.15, -0.1) is 24.0 Å². The van der Waals surface area contributed by atoms with Crippen LogP contribution in [0.2, 0.25) is 5.02 Å². The minimum atomic E-state index is 0. The second kappa shape index (κ2) is 12.9. The van der Waals surface area contributed by atoms with Crippen LogP contribution >= 0.6 is 35.6 Å². The fourth-order valence-electron chi connectivity index (χ4n) is 2.46. The normalized spacial score (nSPS) is 11.0. The summed E-state index contributed by atoms with van der Waals surface area (Å²) in [5, 5.41) is 7.46. The quantitative estimate of drug-likeness (QED) is 0.330. The van der Waals surface area contributed by atoms with Gasteiger partial charge in [-0.05, 0) is 42.2 Å². The van der Waals surface area contributed by atoms with Crippen LogP contribution in [0.25, 0.3) is 0 Å². The molecule has 0 aliphatic heterocycles. The number of guanidine groups is 1. The Morgan fingerprint density at radius 2 is 1.73 bits per heavy atom. The Morgan fingerprint density at radius 3 is 2.38 bits per heavy atom. The van der Waals surface area contributed by atoms with Gasteiger partial charge in [0.25, 0.3) is 0 Å². The third-order valence-corrected chi connectivity index (χ3v) is 4.12. The summed E-state index contributed by atoms with van der Waals surface area (Å²) in [6.45, 7) is 4.88. The summed E-state index contributed by atoms with van der Waals surface area (Å²) in [4.78, 5) is 4.28. The Labute approximate surface area is 178 Å². The zero-order chi connectivity index (χ0) is 17.9. The Morgan fingerprint density at radius 1 is 1.04 bits per heavy atom. The highest BCUT2D eigenvalue weighted by atomic mass is 127. The highest BCUT2D eigenvalue weighted by molar-refractivity contribution is 14.0. The van der Waals surface area contributed by atoms with Gasteiger partial charge in [-0.2, -0.15) is 0 Å². The molecule has 0 bridgehead atoms. The molecule has 142 valence electrons. The molecule has 0 spiro atoms. The number of benzene rings is 2. The highest BCUT2D eigenvalue weighted by Crippen LogP contribution is 2.10. The molecule has 2 rings (SSSR count). The average Bonchev–Trinajstić information content (AvgIpc) is 2.65. The molecule has 26 heavy (non-hydrogen) atoms. The van der Waals surface area contributed by atoms with Crippen LogP contribution in [0, 0.1) is 0 Å². The molecule has 2 aromatic carbocycles. The van der Waals surface area contributed by atoms with Gasteiger partial charge in [-0.25, -0.2) is 0 Å². The molecule has 0 aliphatic rings. The molecule has 0 saturated carbocycles. The molecule has 0 heterocycles. The summed E-state index contributed by atoms with van der Waals surface area (Å²) < 4.78 is 5.53. The zero-order valence-corrected chi connectivity index (χ0v) is 18.4. The van der Waals surface area contributed by atoms with Crippen LogP contribution in [0.4, 0.5) is 0 Å².